The van der Waals surface area contributed by atoms with Gasteiger partial charge in [-0.15, -0.1) is 0 Å². The number of hydrogen-bond acceptors (Lipinski definition) is 3. The highest BCUT2D eigenvalue weighted by molar-refractivity contribution is 5.99. The lowest BCUT2D eigenvalue weighted by molar-refractivity contribution is -0.139. The van der Waals surface area contributed by atoms with Gasteiger partial charge in [-0.25, -0.2) is 4.79 Å². The van der Waals surface area contributed by atoms with E-state index in [0.29, 0.717) is 24.2 Å². The van der Waals surface area contributed by atoms with Crippen molar-refractivity contribution >= 4 is 17.6 Å². The van der Waals surface area contributed by atoms with Crippen molar-refractivity contribution in [3.05, 3.63) is 29.8 Å². The normalized spacial score (nSPS) is 19.6. The number of primary amides is 1. The van der Waals surface area contributed by atoms with E-state index in [-0.39, 0.29) is 0 Å². The number of amides is 1. The van der Waals surface area contributed by atoms with Gasteiger partial charge in [0.15, 0.2) is 0 Å². The number of piperidine rings is 1. The molecule has 1 unspecified atom stereocenters. The first-order valence-corrected chi connectivity index (χ1v) is 5.99. The number of para-hydroxylation sites is 1. The summed E-state index contributed by atoms with van der Waals surface area (Å²) in [7, 11) is 0. The van der Waals surface area contributed by atoms with Crippen molar-refractivity contribution in [2.75, 3.05) is 11.4 Å². The van der Waals surface area contributed by atoms with E-state index in [1.807, 2.05) is 0 Å². The largest absolute Gasteiger partial charge is 0.480 e. The molecule has 0 saturated carbocycles. The van der Waals surface area contributed by atoms with Gasteiger partial charge in [0.2, 0.25) is 0 Å². The summed E-state index contributed by atoms with van der Waals surface area (Å²) in [4.78, 5) is 24.4. The van der Waals surface area contributed by atoms with Gasteiger partial charge < -0.3 is 15.7 Å². The molecule has 1 aromatic carbocycles. The van der Waals surface area contributed by atoms with E-state index in [1.165, 1.54) is 0 Å². The zero-order valence-corrected chi connectivity index (χ0v) is 10.0. The van der Waals surface area contributed by atoms with Crippen molar-refractivity contribution in [3.8, 4) is 0 Å². The minimum atomic E-state index is -0.853. The second kappa shape index (κ2) is 5.08. The van der Waals surface area contributed by atoms with Crippen LogP contribution in [0.4, 0.5) is 5.69 Å². The average molecular weight is 248 g/mol. The van der Waals surface area contributed by atoms with Crippen molar-refractivity contribution in [2.24, 2.45) is 5.73 Å². The average Bonchev–Trinajstić information content (AvgIpc) is 2.38. The Morgan fingerprint density at radius 2 is 2.00 bits per heavy atom. The van der Waals surface area contributed by atoms with Crippen LogP contribution >= 0.6 is 0 Å². The number of hydrogen-bond donors (Lipinski definition) is 2. The zero-order chi connectivity index (χ0) is 13.1. The molecule has 18 heavy (non-hydrogen) atoms. The second-order valence-corrected chi connectivity index (χ2v) is 4.42. The maximum absolute atomic E-state index is 11.4. The van der Waals surface area contributed by atoms with Gasteiger partial charge in [-0.05, 0) is 31.4 Å². The molecule has 2 rings (SSSR count). The molecule has 3 N–H and O–H groups in total. The number of benzene rings is 1. The summed E-state index contributed by atoms with van der Waals surface area (Å²) in [5.74, 6) is -1.38. The second-order valence-electron chi connectivity index (χ2n) is 4.42. The van der Waals surface area contributed by atoms with E-state index in [2.05, 4.69) is 0 Å². The first-order valence-electron chi connectivity index (χ1n) is 5.99. The topological polar surface area (TPSA) is 83.6 Å². The Hall–Kier alpha value is -2.04. The van der Waals surface area contributed by atoms with E-state index in [9.17, 15) is 14.7 Å². The summed E-state index contributed by atoms with van der Waals surface area (Å²) < 4.78 is 0. The van der Waals surface area contributed by atoms with Gasteiger partial charge in [0.05, 0.1) is 11.3 Å². The first-order chi connectivity index (χ1) is 8.61. The van der Waals surface area contributed by atoms with Crippen LogP contribution in [0.5, 0.6) is 0 Å². The van der Waals surface area contributed by atoms with Crippen LogP contribution in [0.3, 0.4) is 0 Å². The van der Waals surface area contributed by atoms with Gasteiger partial charge in [-0.3, -0.25) is 4.79 Å². The van der Waals surface area contributed by atoms with Crippen LogP contribution in [0.2, 0.25) is 0 Å². The lowest BCUT2D eigenvalue weighted by Gasteiger charge is -2.35. The molecule has 1 aliphatic heterocycles. The van der Waals surface area contributed by atoms with Crippen molar-refractivity contribution < 1.29 is 14.7 Å². The number of rotatable bonds is 3. The molecule has 0 radical (unpaired) electrons. The predicted molar refractivity (Wildman–Crippen MR) is 67.6 cm³/mol. The molecule has 5 heteroatoms. The van der Waals surface area contributed by atoms with Gasteiger partial charge >= 0.3 is 5.97 Å². The molecule has 0 bridgehead atoms. The summed E-state index contributed by atoms with van der Waals surface area (Å²) in [6.45, 7) is 0.640. The van der Waals surface area contributed by atoms with E-state index < -0.39 is 17.9 Å². The molecule has 1 amide bonds. The monoisotopic (exact) mass is 248 g/mol. The Morgan fingerprint density at radius 1 is 1.28 bits per heavy atom. The van der Waals surface area contributed by atoms with Crippen LogP contribution in [-0.2, 0) is 4.79 Å². The third-order valence-electron chi connectivity index (χ3n) is 3.27. The molecular formula is C13H16N2O3. The number of carboxylic acids is 1. The SMILES string of the molecule is NC(=O)c1ccccc1N1CCCCC1C(=O)O. The highest BCUT2D eigenvalue weighted by Crippen LogP contribution is 2.27. The molecular weight excluding hydrogens is 232 g/mol. The molecule has 1 aromatic rings. The molecule has 0 aliphatic carbocycles. The van der Waals surface area contributed by atoms with Crippen LogP contribution in [0.15, 0.2) is 24.3 Å². The van der Waals surface area contributed by atoms with Crippen molar-refractivity contribution in [1.82, 2.24) is 0 Å². The molecule has 96 valence electrons. The number of carboxylic acid groups (broad SMARTS) is 1. The number of anilines is 1. The standard InChI is InChI=1S/C13H16N2O3/c14-12(16)9-5-1-2-6-10(9)15-8-4-3-7-11(15)13(17)18/h1-2,5-6,11H,3-4,7-8H2,(H2,14,16)(H,17,18). The van der Waals surface area contributed by atoms with Crippen LogP contribution in [-0.4, -0.2) is 29.6 Å². The molecule has 0 aromatic heterocycles. The minimum absolute atomic E-state index is 0.380. The predicted octanol–water partition coefficient (Wildman–Crippen LogP) is 1.23. The highest BCUT2D eigenvalue weighted by atomic mass is 16.4. The van der Waals surface area contributed by atoms with E-state index in [4.69, 9.17) is 5.73 Å². The van der Waals surface area contributed by atoms with Gasteiger partial charge in [0, 0.05) is 6.54 Å². The Balaban J connectivity index is 2.39. The fourth-order valence-electron chi connectivity index (χ4n) is 2.41. The zero-order valence-electron chi connectivity index (χ0n) is 10.0. The molecule has 1 heterocycles. The van der Waals surface area contributed by atoms with E-state index in [0.717, 1.165) is 12.8 Å². The van der Waals surface area contributed by atoms with Gasteiger partial charge in [-0.1, -0.05) is 12.1 Å². The quantitative estimate of drug-likeness (QED) is 0.842. The third kappa shape index (κ3) is 2.30. The van der Waals surface area contributed by atoms with E-state index >= 15 is 0 Å². The molecule has 1 aliphatic rings. The highest BCUT2D eigenvalue weighted by Gasteiger charge is 2.30. The Kier molecular flexibility index (Phi) is 3.50. The lowest BCUT2D eigenvalue weighted by Crippen LogP contribution is -2.45. The molecule has 1 saturated heterocycles. The van der Waals surface area contributed by atoms with Crippen LogP contribution in [0, 0.1) is 0 Å². The van der Waals surface area contributed by atoms with Crippen molar-refractivity contribution in [2.45, 2.75) is 25.3 Å². The third-order valence-corrected chi connectivity index (χ3v) is 3.27. The summed E-state index contributed by atoms with van der Waals surface area (Å²) in [6.07, 6.45) is 2.42. The number of aliphatic carboxylic acids is 1. The number of nitrogens with two attached hydrogens (primary N) is 1. The lowest BCUT2D eigenvalue weighted by atomic mass is 9.99. The molecule has 1 fully saturated rings. The van der Waals surface area contributed by atoms with Crippen LogP contribution < -0.4 is 10.6 Å². The molecule has 5 nitrogen and oxygen atoms in total. The van der Waals surface area contributed by atoms with Crippen LogP contribution in [0.1, 0.15) is 29.6 Å². The Bertz CT molecular complexity index is 473. The Labute approximate surface area is 105 Å². The summed E-state index contributed by atoms with van der Waals surface area (Å²) >= 11 is 0. The fourth-order valence-corrected chi connectivity index (χ4v) is 2.41. The van der Waals surface area contributed by atoms with Crippen molar-refractivity contribution in [3.63, 3.8) is 0 Å². The van der Waals surface area contributed by atoms with Gasteiger partial charge in [-0.2, -0.15) is 0 Å². The Morgan fingerprint density at radius 3 is 2.67 bits per heavy atom. The smallest absolute Gasteiger partial charge is 0.326 e. The van der Waals surface area contributed by atoms with Gasteiger partial charge in [0.25, 0.3) is 5.91 Å². The molecule has 1 atom stereocenters. The first kappa shape index (κ1) is 12.4. The fraction of sp³-hybridized carbons (Fsp3) is 0.385. The summed E-state index contributed by atoms with van der Waals surface area (Å²) in [6, 6.07) is 6.32. The number of carbonyl (C=O) groups excluding carboxylic acids is 1. The maximum atomic E-state index is 11.4. The molecule has 0 spiro atoms. The number of carbonyl (C=O) groups is 2. The van der Waals surface area contributed by atoms with Crippen molar-refractivity contribution in [1.29, 1.82) is 0 Å². The maximum Gasteiger partial charge on any atom is 0.326 e. The van der Waals surface area contributed by atoms with Crippen LogP contribution in [0.25, 0.3) is 0 Å². The summed E-state index contributed by atoms with van der Waals surface area (Å²) in [5.41, 5.74) is 6.33. The van der Waals surface area contributed by atoms with Gasteiger partial charge in [0.1, 0.15) is 6.04 Å². The summed E-state index contributed by atoms with van der Waals surface area (Å²) in [5, 5.41) is 9.24. The minimum Gasteiger partial charge on any atom is -0.480 e. The number of nitrogens with zero attached hydrogens (tertiary/aromatic N) is 1. The van der Waals surface area contributed by atoms with E-state index in [1.54, 1.807) is 29.2 Å².